The second-order valence-corrected chi connectivity index (χ2v) is 5.32. The van der Waals surface area contributed by atoms with Gasteiger partial charge < -0.3 is 11.1 Å². The van der Waals surface area contributed by atoms with Crippen molar-refractivity contribution in [2.24, 2.45) is 0 Å². The van der Waals surface area contributed by atoms with Crippen LogP contribution in [0.3, 0.4) is 0 Å². The summed E-state index contributed by atoms with van der Waals surface area (Å²) in [5.74, 6) is 1.22. The quantitative estimate of drug-likeness (QED) is 0.907. The summed E-state index contributed by atoms with van der Waals surface area (Å²) in [7, 11) is 0. The predicted molar refractivity (Wildman–Crippen MR) is 79.4 cm³/mol. The van der Waals surface area contributed by atoms with E-state index in [1.54, 1.807) is 13.0 Å². The van der Waals surface area contributed by atoms with Gasteiger partial charge in [-0.1, -0.05) is 13.0 Å². The first kappa shape index (κ1) is 13.7. The van der Waals surface area contributed by atoms with Gasteiger partial charge in [0.15, 0.2) is 0 Å². The maximum atomic E-state index is 13.6. The standard InChI is InChI=1S/C15H18FN5/c1-3-13-19-14(17)21-15(20-13)18-12-5-4-9-7-11(16)8(2)6-10(9)12/h6-7,12H,3-5H2,1-2H3,(H3,17,18,19,20,21). The fourth-order valence-corrected chi connectivity index (χ4v) is 2.71. The molecule has 1 aromatic heterocycles. The maximum absolute atomic E-state index is 13.6. The lowest BCUT2D eigenvalue weighted by molar-refractivity contribution is 0.616. The number of nitrogens with zero attached hydrogens (tertiary/aromatic N) is 3. The Morgan fingerprint density at radius 2 is 2.14 bits per heavy atom. The highest BCUT2D eigenvalue weighted by Crippen LogP contribution is 2.34. The molecule has 0 aliphatic heterocycles. The van der Waals surface area contributed by atoms with Crippen molar-refractivity contribution in [1.29, 1.82) is 0 Å². The van der Waals surface area contributed by atoms with Gasteiger partial charge >= 0.3 is 0 Å². The number of halogens is 1. The van der Waals surface area contributed by atoms with Gasteiger partial charge in [0.1, 0.15) is 11.6 Å². The van der Waals surface area contributed by atoms with Crippen LogP contribution in [0.25, 0.3) is 0 Å². The Morgan fingerprint density at radius 1 is 1.33 bits per heavy atom. The van der Waals surface area contributed by atoms with Gasteiger partial charge in [-0.05, 0) is 42.5 Å². The zero-order valence-corrected chi connectivity index (χ0v) is 12.2. The number of rotatable bonds is 3. The average Bonchev–Trinajstić information content (AvgIpc) is 2.81. The van der Waals surface area contributed by atoms with Gasteiger partial charge in [-0.2, -0.15) is 15.0 Å². The van der Waals surface area contributed by atoms with E-state index in [0.717, 1.165) is 24.0 Å². The Morgan fingerprint density at radius 3 is 2.90 bits per heavy atom. The molecule has 21 heavy (non-hydrogen) atoms. The van der Waals surface area contributed by atoms with E-state index in [1.807, 2.05) is 13.0 Å². The molecule has 0 spiro atoms. The third kappa shape index (κ3) is 2.66. The van der Waals surface area contributed by atoms with Gasteiger partial charge in [-0.15, -0.1) is 0 Å². The number of hydrogen-bond acceptors (Lipinski definition) is 5. The van der Waals surface area contributed by atoms with Crippen LogP contribution in [0.15, 0.2) is 12.1 Å². The minimum Gasteiger partial charge on any atom is -0.368 e. The van der Waals surface area contributed by atoms with Crippen molar-refractivity contribution in [2.75, 3.05) is 11.1 Å². The fourth-order valence-electron chi connectivity index (χ4n) is 2.71. The van der Waals surface area contributed by atoms with Crippen LogP contribution in [0.1, 0.15) is 41.9 Å². The molecule has 1 heterocycles. The molecule has 1 aliphatic carbocycles. The van der Waals surface area contributed by atoms with Gasteiger partial charge in [0.05, 0.1) is 6.04 Å². The summed E-state index contributed by atoms with van der Waals surface area (Å²) < 4.78 is 13.6. The van der Waals surface area contributed by atoms with Crippen LogP contribution in [0.4, 0.5) is 16.3 Å². The van der Waals surface area contributed by atoms with Crippen molar-refractivity contribution in [3.63, 3.8) is 0 Å². The first-order valence-corrected chi connectivity index (χ1v) is 7.12. The molecule has 3 N–H and O–H groups in total. The number of nitrogen functional groups attached to an aromatic ring is 1. The molecule has 0 saturated carbocycles. The zero-order chi connectivity index (χ0) is 15.0. The van der Waals surface area contributed by atoms with Crippen molar-refractivity contribution in [1.82, 2.24) is 15.0 Å². The van der Waals surface area contributed by atoms with Gasteiger partial charge in [0.25, 0.3) is 0 Å². The predicted octanol–water partition coefficient (Wildman–Crippen LogP) is 2.56. The fraction of sp³-hybridized carbons (Fsp3) is 0.400. The number of anilines is 2. The largest absolute Gasteiger partial charge is 0.368 e. The Balaban J connectivity index is 1.88. The normalized spacial score (nSPS) is 16.8. The Hall–Kier alpha value is -2.24. The number of hydrogen-bond donors (Lipinski definition) is 2. The van der Waals surface area contributed by atoms with Crippen molar-refractivity contribution in [2.45, 2.75) is 39.2 Å². The molecule has 1 aliphatic rings. The van der Waals surface area contributed by atoms with Gasteiger partial charge in [-0.25, -0.2) is 4.39 Å². The molecule has 110 valence electrons. The lowest BCUT2D eigenvalue weighted by Crippen LogP contribution is -2.13. The zero-order valence-electron chi connectivity index (χ0n) is 12.2. The minimum absolute atomic E-state index is 0.0887. The SMILES string of the molecule is CCc1nc(N)nc(NC2CCc3cc(F)c(C)cc32)n1. The molecular weight excluding hydrogens is 269 g/mol. The van der Waals surface area contributed by atoms with E-state index in [1.165, 1.54) is 0 Å². The van der Waals surface area contributed by atoms with Crippen molar-refractivity contribution >= 4 is 11.9 Å². The van der Waals surface area contributed by atoms with Crippen LogP contribution in [-0.2, 0) is 12.8 Å². The molecular formula is C15H18FN5. The highest BCUT2D eigenvalue weighted by atomic mass is 19.1. The van der Waals surface area contributed by atoms with Crippen LogP contribution >= 0.6 is 0 Å². The van der Waals surface area contributed by atoms with E-state index in [2.05, 4.69) is 20.3 Å². The molecule has 2 aromatic rings. The number of aryl methyl sites for hydroxylation is 3. The highest BCUT2D eigenvalue weighted by Gasteiger charge is 2.24. The molecule has 5 nitrogen and oxygen atoms in total. The number of nitrogens with two attached hydrogens (primary N) is 1. The topological polar surface area (TPSA) is 76.7 Å². The van der Waals surface area contributed by atoms with E-state index in [0.29, 0.717) is 23.8 Å². The van der Waals surface area contributed by atoms with Crippen molar-refractivity contribution in [3.8, 4) is 0 Å². The smallest absolute Gasteiger partial charge is 0.228 e. The van der Waals surface area contributed by atoms with Crippen LogP contribution in [-0.4, -0.2) is 15.0 Å². The molecule has 1 aromatic carbocycles. The molecule has 6 heteroatoms. The van der Waals surface area contributed by atoms with E-state index >= 15 is 0 Å². The summed E-state index contributed by atoms with van der Waals surface area (Å²) in [5.41, 5.74) is 8.52. The van der Waals surface area contributed by atoms with Crippen LogP contribution in [0.2, 0.25) is 0 Å². The van der Waals surface area contributed by atoms with Gasteiger partial charge in [0.2, 0.25) is 11.9 Å². The average molecular weight is 287 g/mol. The molecule has 0 radical (unpaired) electrons. The molecule has 3 rings (SSSR count). The van der Waals surface area contributed by atoms with Gasteiger partial charge in [-0.3, -0.25) is 0 Å². The number of nitrogens with one attached hydrogen (secondary N) is 1. The number of fused-ring (bicyclic) bond motifs is 1. The molecule has 0 saturated heterocycles. The molecule has 0 amide bonds. The van der Waals surface area contributed by atoms with E-state index in [-0.39, 0.29) is 17.8 Å². The second kappa shape index (κ2) is 5.27. The maximum Gasteiger partial charge on any atom is 0.228 e. The Bertz CT molecular complexity index is 686. The van der Waals surface area contributed by atoms with Crippen LogP contribution < -0.4 is 11.1 Å². The van der Waals surface area contributed by atoms with Crippen LogP contribution in [0, 0.1) is 12.7 Å². The first-order valence-electron chi connectivity index (χ1n) is 7.12. The summed E-state index contributed by atoms with van der Waals surface area (Å²) in [4.78, 5) is 12.5. The molecule has 0 fully saturated rings. The molecule has 1 unspecified atom stereocenters. The Kier molecular flexibility index (Phi) is 3.45. The van der Waals surface area contributed by atoms with E-state index in [9.17, 15) is 4.39 Å². The van der Waals surface area contributed by atoms with E-state index in [4.69, 9.17) is 5.73 Å². The highest BCUT2D eigenvalue weighted by molar-refractivity contribution is 5.44. The minimum atomic E-state index is -0.146. The summed E-state index contributed by atoms with van der Waals surface area (Å²) in [6.07, 6.45) is 2.45. The van der Waals surface area contributed by atoms with Crippen molar-refractivity contribution in [3.05, 3.63) is 40.5 Å². The summed E-state index contributed by atoms with van der Waals surface area (Å²) >= 11 is 0. The lowest BCUT2D eigenvalue weighted by Gasteiger charge is -2.15. The second-order valence-electron chi connectivity index (χ2n) is 5.32. The van der Waals surface area contributed by atoms with Crippen molar-refractivity contribution < 1.29 is 4.39 Å². The molecule has 0 bridgehead atoms. The third-order valence-corrected chi connectivity index (χ3v) is 3.82. The monoisotopic (exact) mass is 287 g/mol. The number of benzene rings is 1. The Labute approximate surface area is 122 Å². The van der Waals surface area contributed by atoms with Crippen LogP contribution in [0.5, 0.6) is 0 Å². The van der Waals surface area contributed by atoms with E-state index < -0.39 is 0 Å². The summed E-state index contributed by atoms with van der Waals surface area (Å²) in [6, 6.07) is 3.62. The molecule has 1 atom stereocenters. The van der Waals surface area contributed by atoms with Gasteiger partial charge in [0, 0.05) is 6.42 Å². The summed E-state index contributed by atoms with van der Waals surface area (Å²) in [6.45, 7) is 3.75. The third-order valence-electron chi connectivity index (χ3n) is 3.82. The summed E-state index contributed by atoms with van der Waals surface area (Å²) in [5, 5.41) is 3.29. The lowest BCUT2D eigenvalue weighted by atomic mass is 10.0. The number of aromatic nitrogens is 3. The first-order chi connectivity index (χ1) is 10.1.